The van der Waals surface area contributed by atoms with Crippen LogP contribution < -0.4 is 24.4 Å². The number of nitrogens with one attached hydrogen (secondary N) is 1. The molecule has 9 heteroatoms. The zero-order chi connectivity index (χ0) is 24.5. The largest absolute Gasteiger partial charge is 0.489 e. The third-order valence-electron chi connectivity index (χ3n) is 5.55. The van der Waals surface area contributed by atoms with Crippen molar-refractivity contribution in [2.75, 3.05) is 11.7 Å². The van der Waals surface area contributed by atoms with E-state index in [1.54, 1.807) is 36.4 Å². The zero-order valence-electron chi connectivity index (χ0n) is 18.5. The van der Waals surface area contributed by atoms with Gasteiger partial charge in [0, 0.05) is 5.02 Å². The number of carbonyl (C=O) groups excluding carboxylic acids is 3. The van der Waals surface area contributed by atoms with E-state index >= 15 is 0 Å². The van der Waals surface area contributed by atoms with E-state index in [0.29, 0.717) is 34.4 Å². The summed E-state index contributed by atoms with van der Waals surface area (Å²) in [6.07, 6.45) is 1.43. The molecule has 176 valence electrons. The van der Waals surface area contributed by atoms with Crippen molar-refractivity contribution >= 4 is 41.2 Å². The highest BCUT2D eigenvalue weighted by molar-refractivity contribution is 6.39. The van der Waals surface area contributed by atoms with Crippen LogP contribution in [0.1, 0.15) is 16.7 Å². The Morgan fingerprint density at radius 3 is 2.54 bits per heavy atom. The van der Waals surface area contributed by atoms with Gasteiger partial charge in [-0.3, -0.25) is 14.9 Å². The second kappa shape index (κ2) is 9.15. The molecule has 35 heavy (non-hydrogen) atoms. The van der Waals surface area contributed by atoms with Gasteiger partial charge in [-0.25, -0.2) is 9.69 Å². The zero-order valence-corrected chi connectivity index (χ0v) is 19.3. The molecule has 2 heterocycles. The Balaban J connectivity index is 1.31. The molecule has 1 N–H and O–H groups in total. The van der Waals surface area contributed by atoms with Crippen LogP contribution in [0.15, 0.2) is 66.2 Å². The summed E-state index contributed by atoms with van der Waals surface area (Å²) < 4.78 is 16.5. The highest BCUT2D eigenvalue weighted by Crippen LogP contribution is 2.33. The van der Waals surface area contributed by atoms with Gasteiger partial charge in [-0.15, -0.1) is 0 Å². The molecule has 0 saturated carbocycles. The fraction of sp³-hybridized carbons (Fsp3) is 0.115. The summed E-state index contributed by atoms with van der Waals surface area (Å²) in [6.45, 7) is 2.34. The Morgan fingerprint density at radius 2 is 1.77 bits per heavy atom. The molecule has 0 bridgehead atoms. The molecule has 0 radical (unpaired) electrons. The fourth-order valence-electron chi connectivity index (χ4n) is 3.64. The van der Waals surface area contributed by atoms with Crippen molar-refractivity contribution in [1.29, 1.82) is 0 Å². The monoisotopic (exact) mass is 490 g/mol. The number of rotatable bonds is 5. The average Bonchev–Trinajstić information content (AvgIpc) is 3.31. The minimum atomic E-state index is -0.829. The topological polar surface area (TPSA) is 94.2 Å². The molecule has 5 rings (SSSR count). The summed E-state index contributed by atoms with van der Waals surface area (Å²) in [7, 11) is 0. The Morgan fingerprint density at radius 1 is 1.00 bits per heavy atom. The number of nitrogens with zero attached hydrogens (tertiary/aromatic N) is 1. The number of carbonyl (C=O) groups is 3. The normalized spacial score (nSPS) is 16.0. The Labute approximate surface area is 205 Å². The third kappa shape index (κ3) is 4.56. The van der Waals surface area contributed by atoms with Crippen LogP contribution in [0.2, 0.25) is 5.02 Å². The lowest BCUT2D eigenvalue weighted by Gasteiger charge is -2.26. The van der Waals surface area contributed by atoms with Crippen molar-refractivity contribution in [3.8, 4) is 17.2 Å². The van der Waals surface area contributed by atoms with Gasteiger partial charge in [0.15, 0.2) is 11.5 Å². The van der Waals surface area contributed by atoms with Gasteiger partial charge in [-0.05, 0) is 66.1 Å². The second-order valence-corrected chi connectivity index (χ2v) is 8.34. The van der Waals surface area contributed by atoms with Gasteiger partial charge in [-0.2, -0.15) is 0 Å². The van der Waals surface area contributed by atoms with Crippen molar-refractivity contribution in [2.24, 2.45) is 0 Å². The van der Waals surface area contributed by atoms with Crippen LogP contribution in [0.5, 0.6) is 17.2 Å². The molecule has 2 aliphatic rings. The summed E-state index contributed by atoms with van der Waals surface area (Å²) in [6, 6.07) is 16.5. The third-order valence-corrected chi connectivity index (χ3v) is 5.96. The highest BCUT2D eigenvalue weighted by Gasteiger charge is 2.37. The van der Waals surface area contributed by atoms with Crippen molar-refractivity contribution < 1.29 is 28.6 Å². The van der Waals surface area contributed by atoms with Gasteiger partial charge in [0.2, 0.25) is 6.79 Å². The summed E-state index contributed by atoms with van der Waals surface area (Å²) in [5.74, 6) is 0.497. The molecular weight excluding hydrogens is 472 g/mol. The van der Waals surface area contributed by atoms with E-state index in [9.17, 15) is 14.4 Å². The standard InChI is InChI=1S/C26H19ClN2O6/c1-15-2-6-18(12-21(15)27)29-25(31)20(24(30)28-26(29)32)10-16-3-7-19(8-4-16)33-13-17-5-9-22-23(11-17)35-14-34-22/h2-12H,13-14H2,1H3,(H,28,30,32)/b20-10-. The predicted molar refractivity (Wildman–Crippen MR) is 129 cm³/mol. The molecule has 1 saturated heterocycles. The molecule has 0 aliphatic carbocycles. The number of hydrogen-bond acceptors (Lipinski definition) is 6. The van der Waals surface area contributed by atoms with E-state index in [1.807, 2.05) is 25.1 Å². The lowest BCUT2D eigenvalue weighted by Crippen LogP contribution is -2.54. The number of urea groups is 1. The summed E-state index contributed by atoms with van der Waals surface area (Å²) in [4.78, 5) is 38.7. The number of amides is 4. The first-order chi connectivity index (χ1) is 16.9. The van der Waals surface area contributed by atoms with Crippen molar-refractivity contribution in [3.63, 3.8) is 0 Å². The van der Waals surface area contributed by atoms with Crippen LogP contribution in [0.4, 0.5) is 10.5 Å². The average molecular weight is 491 g/mol. The number of hydrogen-bond donors (Lipinski definition) is 1. The smallest absolute Gasteiger partial charge is 0.335 e. The number of aryl methyl sites for hydroxylation is 1. The molecular formula is C26H19ClN2O6. The lowest BCUT2D eigenvalue weighted by atomic mass is 10.1. The summed E-state index contributed by atoms with van der Waals surface area (Å²) in [5, 5.41) is 2.61. The van der Waals surface area contributed by atoms with E-state index in [2.05, 4.69) is 5.32 Å². The maximum Gasteiger partial charge on any atom is 0.335 e. The molecule has 8 nitrogen and oxygen atoms in total. The van der Waals surface area contributed by atoms with Crippen LogP contribution in [-0.2, 0) is 16.2 Å². The van der Waals surface area contributed by atoms with E-state index in [-0.39, 0.29) is 18.1 Å². The van der Waals surface area contributed by atoms with E-state index < -0.39 is 17.8 Å². The SMILES string of the molecule is Cc1ccc(N2C(=O)NC(=O)/C(=C/c3ccc(OCc4ccc5c(c4)OCO5)cc3)C2=O)cc1Cl. The van der Waals surface area contributed by atoms with Crippen LogP contribution in [0.3, 0.4) is 0 Å². The number of barbiturate groups is 1. The minimum absolute atomic E-state index is 0.171. The highest BCUT2D eigenvalue weighted by atomic mass is 35.5. The number of ether oxygens (including phenoxy) is 3. The molecule has 3 aromatic carbocycles. The molecule has 1 fully saturated rings. The van der Waals surface area contributed by atoms with E-state index in [1.165, 1.54) is 12.1 Å². The lowest BCUT2D eigenvalue weighted by molar-refractivity contribution is -0.122. The quantitative estimate of drug-likeness (QED) is 0.414. The number of imide groups is 2. The van der Waals surface area contributed by atoms with Gasteiger partial charge in [0.1, 0.15) is 17.9 Å². The van der Waals surface area contributed by atoms with Gasteiger partial charge >= 0.3 is 6.03 Å². The van der Waals surface area contributed by atoms with E-state index in [0.717, 1.165) is 16.0 Å². The van der Waals surface area contributed by atoms with Crippen LogP contribution in [-0.4, -0.2) is 24.6 Å². The maximum atomic E-state index is 13.0. The molecule has 0 atom stereocenters. The van der Waals surface area contributed by atoms with Gasteiger partial charge in [0.25, 0.3) is 11.8 Å². The molecule has 0 aromatic heterocycles. The Hall–Kier alpha value is -4.30. The Kier molecular flexibility index (Phi) is 5.88. The molecule has 0 spiro atoms. The first-order valence-corrected chi connectivity index (χ1v) is 11.1. The number of benzene rings is 3. The minimum Gasteiger partial charge on any atom is -0.489 e. The van der Waals surface area contributed by atoms with Crippen LogP contribution in [0.25, 0.3) is 6.08 Å². The van der Waals surface area contributed by atoms with Crippen molar-refractivity contribution in [2.45, 2.75) is 13.5 Å². The van der Waals surface area contributed by atoms with Gasteiger partial charge in [-0.1, -0.05) is 35.9 Å². The summed E-state index contributed by atoms with van der Waals surface area (Å²) in [5.41, 5.74) is 2.41. The number of fused-ring (bicyclic) bond motifs is 1. The fourth-order valence-corrected chi connectivity index (χ4v) is 3.81. The molecule has 2 aliphatic heterocycles. The molecule has 3 aromatic rings. The van der Waals surface area contributed by atoms with E-state index in [4.69, 9.17) is 25.8 Å². The van der Waals surface area contributed by atoms with Crippen LogP contribution >= 0.6 is 11.6 Å². The number of halogens is 1. The Bertz CT molecular complexity index is 1380. The second-order valence-electron chi connectivity index (χ2n) is 7.94. The van der Waals surface area contributed by atoms with Crippen LogP contribution in [0, 0.1) is 6.92 Å². The first-order valence-electron chi connectivity index (χ1n) is 10.7. The van der Waals surface area contributed by atoms with Crippen molar-refractivity contribution in [1.82, 2.24) is 5.32 Å². The predicted octanol–water partition coefficient (Wildman–Crippen LogP) is 4.62. The molecule has 0 unspecified atom stereocenters. The molecule has 4 amide bonds. The maximum absolute atomic E-state index is 13.0. The van der Waals surface area contributed by atoms with Gasteiger partial charge in [0.05, 0.1) is 5.69 Å². The van der Waals surface area contributed by atoms with Crippen molar-refractivity contribution in [3.05, 3.63) is 87.9 Å². The van der Waals surface area contributed by atoms with Gasteiger partial charge < -0.3 is 14.2 Å². The number of anilines is 1. The summed E-state index contributed by atoms with van der Waals surface area (Å²) >= 11 is 6.15. The first kappa shape index (κ1) is 22.5.